The van der Waals surface area contributed by atoms with Crippen LogP contribution in [0.2, 0.25) is 0 Å². The second kappa shape index (κ2) is 16.1. The van der Waals surface area contributed by atoms with Gasteiger partial charge in [-0.05, 0) is 22.3 Å². The Bertz CT molecular complexity index is 1360. The Hall–Kier alpha value is -3.92. The van der Waals surface area contributed by atoms with Crippen molar-refractivity contribution >= 4 is 0 Å². The van der Waals surface area contributed by atoms with E-state index >= 15 is 0 Å². The monoisotopic (exact) mass is 583 g/mol. The average Bonchev–Trinajstić information content (AvgIpc) is 3.05. The SMILES string of the molecule is O=[N+]([O-])C[C@H]1[C@@H](OCc2ccccc2)O[C@H](COCc2ccccc2)[C@@H](OCc2ccccc2)[C@@H]1OCc1ccccc1. The third kappa shape index (κ3) is 9.28. The third-order valence-corrected chi connectivity index (χ3v) is 7.35. The molecule has 5 atom stereocenters. The van der Waals surface area contributed by atoms with Gasteiger partial charge in [0.2, 0.25) is 6.54 Å². The normalized spacial score (nSPS) is 21.8. The van der Waals surface area contributed by atoms with Crippen molar-refractivity contribution in [3.8, 4) is 0 Å². The summed E-state index contributed by atoms with van der Waals surface area (Å²) in [7, 11) is 0. The van der Waals surface area contributed by atoms with Crippen molar-refractivity contribution in [3.05, 3.63) is 154 Å². The molecular formula is C35H37NO7. The van der Waals surface area contributed by atoms with Crippen LogP contribution in [0.5, 0.6) is 0 Å². The fraction of sp³-hybridized carbons (Fsp3) is 0.314. The largest absolute Gasteiger partial charge is 0.374 e. The van der Waals surface area contributed by atoms with E-state index in [9.17, 15) is 10.1 Å². The molecule has 1 heterocycles. The molecule has 1 fully saturated rings. The Morgan fingerprint density at radius 2 is 1.00 bits per heavy atom. The highest BCUT2D eigenvalue weighted by Gasteiger charge is 2.50. The van der Waals surface area contributed by atoms with Gasteiger partial charge in [-0.3, -0.25) is 10.1 Å². The molecule has 224 valence electrons. The molecule has 5 rings (SSSR count). The van der Waals surface area contributed by atoms with Crippen LogP contribution in [0.4, 0.5) is 0 Å². The average molecular weight is 584 g/mol. The van der Waals surface area contributed by atoms with Crippen molar-refractivity contribution in [2.24, 2.45) is 5.92 Å². The minimum absolute atomic E-state index is 0.190. The molecule has 1 aliphatic heterocycles. The number of benzene rings is 4. The molecule has 43 heavy (non-hydrogen) atoms. The van der Waals surface area contributed by atoms with Crippen LogP contribution in [0, 0.1) is 16.0 Å². The number of ether oxygens (including phenoxy) is 5. The molecule has 0 amide bonds. The van der Waals surface area contributed by atoms with E-state index in [1.165, 1.54) is 0 Å². The maximum absolute atomic E-state index is 12.0. The molecule has 0 radical (unpaired) electrons. The van der Waals surface area contributed by atoms with E-state index in [4.69, 9.17) is 23.7 Å². The number of nitrogens with zero attached hydrogens (tertiary/aromatic N) is 1. The fourth-order valence-electron chi connectivity index (χ4n) is 5.19. The van der Waals surface area contributed by atoms with Crippen molar-refractivity contribution in [2.45, 2.75) is 51.0 Å². The molecule has 0 unspecified atom stereocenters. The highest BCUT2D eigenvalue weighted by molar-refractivity contribution is 5.16. The molecule has 4 aromatic rings. The minimum atomic E-state index is -0.909. The zero-order chi connectivity index (χ0) is 29.7. The first-order valence-corrected chi connectivity index (χ1v) is 14.5. The Morgan fingerprint density at radius 1 is 0.581 bits per heavy atom. The topological polar surface area (TPSA) is 89.3 Å². The summed E-state index contributed by atoms with van der Waals surface area (Å²) in [6.45, 7) is 0.954. The standard InChI is InChI=1S/C35H37NO7/c37-36(38)21-31-33(40-23-28-15-7-2-8-16-28)34(41-24-29-17-9-3-10-18-29)32(26-39-22-27-13-5-1-6-14-27)43-35(31)42-25-30-19-11-4-12-20-30/h1-20,31-35H,21-26H2/t31-,32-,33-,34-,35+/m1/s1. The predicted octanol–water partition coefficient (Wildman–Crippen LogP) is 6.21. The quantitative estimate of drug-likeness (QED) is 0.121. The summed E-state index contributed by atoms with van der Waals surface area (Å²) in [4.78, 5) is 11.6. The number of nitro groups is 1. The van der Waals surface area contributed by atoms with Crippen molar-refractivity contribution in [3.63, 3.8) is 0 Å². The summed E-state index contributed by atoms with van der Waals surface area (Å²) in [6, 6.07) is 39.1. The molecular weight excluding hydrogens is 546 g/mol. The molecule has 0 bridgehead atoms. The minimum Gasteiger partial charge on any atom is -0.374 e. The molecule has 4 aromatic carbocycles. The molecule has 0 spiro atoms. The van der Waals surface area contributed by atoms with Crippen LogP contribution in [-0.4, -0.2) is 42.7 Å². The van der Waals surface area contributed by atoms with Crippen LogP contribution in [0.1, 0.15) is 22.3 Å². The zero-order valence-electron chi connectivity index (χ0n) is 24.0. The molecule has 0 aromatic heterocycles. The van der Waals surface area contributed by atoms with Crippen LogP contribution in [0.3, 0.4) is 0 Å². The van der Waals surface area contributed by atoms with Gasteiger partial charge in [0, 0.05) is 4.92 Å². The Balaban J connectivity index is 1.41. The first-order chi connectivity index (χ1) is 21.2. The molecule has 1 saturated heterocycles. The zero-order valence-corrected chi connectivity index (χ0v) is 24.0. The number of hydrogen-bond donors (Lipinski definition) is 0. The summed E-state index contributed by atoms with van der Waals surface area (Å²) < 4.78 is 31.9. The Kier molecular flexibility index (Phi) is 11.4. The fourth-order valence-corrected chi connectivity index (χ4v) is 5.19. The van der Waals surface area contributed by atoms with E-state index in [0.717, 1.165) is 22.3 Å². The summed E-state index contributed by atoms with van der Waals surface area (Å²) in [5.41, 5.74) is 3.89. The summed E-state index contributed by atoms with van der Waals surface area (Å²) in [6.07, 6.45) is -2.86. The molecule has 1 aliphatic rings. The van der Waals surface area contributed by atoms with E-state index in [1.807, 2.05) is 121 Å². The van der Waals surface area contributed by atoms with Gasteiger partial charge in [0.25, 0.3) is 0 Å². The van der Waals surface area contributed by atoms with Gasteiger partial charge < -0.3 is 23.7 Å². The number of hydrogen-bond acceptors (Lipinski definition) is 7. The van der Waals surface area contributed by atoms with E-state index < -0.39 is 37.1 Å². The van der Waals surface area contributed by atoms with Crippen LogP contribution in [-0.2, 0) is 50.1 Å². The smallest absolute Gasteiger partial charge is 0.214 e. The summed E-state index contributed by atoms with van der Waals surface area (Å²) in [5, 5.41) is 12.0. The van der Waals surface area contributed by atoms with Crippen molar-refractivity contribution in [1.29, 1.82) is 0 Å². The summed E-state index contributed by atoms with van der Waals surface area (Å²) in [5.74, 6) is -0.728. The van der Waals surface area contributed by atoms with Gasteiger partial charge in [0.15, 0.2) is 6.29 Å². The van der Waals surface area contributed by atoms with Gasteiger partial charge in [-0.25, -0.2) is 0 Å². The van der Waals surface area contributed by atoms with Crippen LogP contribution < -0.4 is 0 Å². The molecule has 8 nitrogen and oxygen atoms in total. The van der Waals surface area contributed by atoms with Crippen LogP contribution in [0.15, 0.2) is 121 Å². The van der Waals surface area contributed by atoms with E-state index in [0.29, 0.717) is 6.61 Å². The lowest BCUT2D eigenvalue weighted by Gasteiger charge is -2.45. The van der Waals surface area contributed by atoms with Gasteiger partial charge in [-0.15, -0.1) is 0 Å². The van der Waals surface area contributed by atoms with Gasteiger partial charge in [0.1, 0.15) is 24.2 Å². The lowest BCUT2D eigenvalue weighted by molar-refractivity contribution is -0.503. The van der Waals surface area contributed by atoms with Gasteiger partial charge >= 0.3 is 0 Å². The lowest BCUT2D eigenvalue weighted by Crippen LogP contribution is -2.59. The van der Waals surface area contributed by atoms with Crippen LogP contribution >= 0.6 is 0 Å². The van der Waals surface area contributed by atoms with Crippen molar-refractivity contribution in [1.82, 2.24) is 0 Å². The molecule has 0 aliphatic carbocycles. The highest BCUT2D eigenvalue weighted by atomic mass is 16.7. The maximum Gasteiger partial charge on any atom is 0.214 e. The van der Waals surface area contributed by atoms with E-state index in [1.54, 1.807) is 0 Å². The second-order valence-corrected chi connectivity index (χ2v) is 10.5. The maximum atomic E-state index is 12.0. The van der Waals surface area contributed by atoms with Crippen LogP contribution in [0.25, 0.3) is 0 Å². The summed E-state index contributed by atoms with van der Waals surface area (Å²) >= 11 is 0. The second-order valence-electron chi connectivity index (χ2n) is 10.5. The van der Waals surface area contributed by atoms with Crippen molar-refractivity contribution < 1.29 is 28.6 Å². The van der Waals surface area contributed by atoms with Gasteiger partial charge in [0.05, 0.1) is 33.0 Å². The van der Waals surface area contributed by atoms with E-state index in [-0.39, 0.29) is 31.4 Å². The third-order valence-electron chi connectivity index (χ3n) is 7.35. The first-order valence-electron chi connectivity index (χ1n) is 14.5. The van der Waals surface area contributed by atoms with Crippen molar-refractivity contribution in [2.75, 3.05) is 13.2 Å². The number of rotatable bonds is 15. The van der Waals surface area contributed by atoms with Gasteiger partial charge in [-0.2, -0.15) is 0 Å². The Morgan fingerprint density at radius 3 is 1.47 bits per heavy atom. The first kappa shape index (κ1) is 30.5. The molecule has 0 N–H and O–H groups in total. The Labute approximate surface area is 252 Å². The molecule has 0 saturated carbocycles. The lowest BCUT2D eigenvalue weighted by atomic mass is 9.90. The predicted molar refractivity (Wildman–Crippen MR) is 161 cm³/mol. The highest BCUT2D eigenvalue weighted by Crippen LogP contribution is 2.34. The molecule has 8 heteroatoms. The van der Waals surface area contributed by atoms with E-state index in [2.05, 4.69) is 0 Å². The van der Waals surface area contributed by atoms with Gasteiger partial charge in [-0.1, -0.05) is 121 Å².